The summed E-state index contributed by atoms with van der Waals surface area (Å²) in [5.74, 6) is -0.990. The second kappa shape index (κ2) is 16.8. The van der Waals surface area contributed by atoms with Crippen LogP contribution in [0.25, 0.3) is 0 Å². The Morgan fingerprint density at radius 2 is 1.17 bits per heavy atom. The van der Waals surface area contributed by atoms with Gasteiger partial charge in [0.25, 0.3) is 0 Å². The van der Waals surface area contributed by atoms with E-state index in [1.807, 2.05) is 0 Å². The fraction of sp³-hybridized carbons (Fsp3) is 0.684. The topological polar surface area (TPSA) is 52.6 Å². The van der Waals surface area contributed by atoms with Crippen molar-refractivity contribution in [2.45, 2.75) is 71.6 Å². The van der Waals surface area contributed by atoms with Gasteiger partial charge in [-0.2, -0.15) is 0 Å². The molecule has 132 valence electrons. The average Bonchev–Trinajstić information content (AvgIpc) is 2.55. The van der Waals surface area contributed by atoms with Gasteiger partial charge in [0.2, 0.25) is 0 Å². The van der Waals surface area contributed by atoms with E-state index in [0.717, 1.165) is 50.7 Å². The summed E-state index contributed by atoms with van der Waals surface area (Å²) in [6, 6.07) is 0. The molecule has 0 radical (unpaired) electrons. The molecule has 0 aromatic carbocycles. The highest BCUT2D eigenvalue weighted by Gasteiger charge is 2.00. The molecule has 0 atom stereocenters. The number of ether oxygens (including phenoxy) is 2. The summed E-state index contributed by atoms with van der Waals surface area (Å²) < 4.78 is 9.96. The van der Waals surface area contributed by atoms with Gasteiger partial charge in [0.15, 0.2) is 0 Å². The number of hydrogen-bond acceptors (Lipinski definition) is 4. The van der Waals surface area contributed by atoms with E-state index >= 15 is 0 Å². The van der Waals surface area contributed by atoms with Gasteiger partial charge in [-0.05, 0) is 32.1 Å². The summed E-state index contributed by atoms with van der Waals surface area (Å²) in [6.07, 6.45) is 16.1. The second-order valence-electron chi connectivity index (χ2n) is 5.48. The van der Waals surface area contributed by atoms with Crippen LogP contribution in [0, 0.1) is 0 Å². The Kier molecular flexibility index (Phi) is 15.6. The maximum atomic E-state index is 11.4. The number of esters is 2. The zero-order chi connectivity index (χ0) is 17.2. The zero-order valence-corrected chi connectivity index (χ0v) is 14.7. The Bertz CT molecular complexity index is 358. The fourth-order valence-electron chi connectivity index (χ4n) is 1.88. The SMILES string of the molecule is CCCCC/C=C/CCCOC(=O)/C=C/C(=O)OCCCCC. The van der Waals surface area contributed by atoms with Crippen molar-refractivity contribution in [3.05, 3.63) is 24.3 Å². The van der Waals surface area contributed by atoms with Crippen molar-refractivity contribution in [1.29, 1.82) is 0 Å². The van der Waals surface area contributed by atoms with Crippen LogP contribution in [0.1, 0.15) is 71.6 Å². The maximum Gasteiger partial charge on any atom is 0.331 e. The van der Waals surface area contributed by atoms with Gasteiger partial charge in [-0.25, -0.2) is 9.59 Å². The molecule has 23 heavy (non-hydrogen) atoms. The van der Waals surface area contributed by atoms with Gasteiger partial charge in [-0.3, -0.25) is 0 Å². The lowest BCUT2D eigenvalue weighted by molar-refractivity contribution is -0.140. The molecule has 0 aliphatic carbocycles. The summed E-state index contributed by atoms with van der Waals surface area (Å²) in [6.45, 7) is 5.04. The van der Waals surface area contributed by atoms with Gasteiger partial charge in [-0.15, -0.1) is 0 Å². The number of allylic oxidation sites excluding steroid dienone is 2. The highest BCUT2D eigenvalue weighted by molar-refractivity contribution is 5.91. The highest BCUT2D eigenvalue weighted by atomic mass is 16.5. The van der Waals surface area contributed by atoms with Crippen LogP contribution in [-0.2, 0) is 19.1 Å². The molecule has 0 amide bonds. The molecule has 4 nitrogen and oxygen atoms in total. The zero-order valence-electron chi connectivity index (χ0n) is 14.7. The van der Waals surface area contributed by atoms with Crippen molar-refractivity contribution in [3.8, 4) is 0 Å². The molecule has 0 saturated carbocycles. The monoisotopic (exact) mass is 324 g/mol. The van der Waals surface area contributed by atoms with Crippen molar-refractivity contribution >= 4 is 11.9 Å². The molecular weight excluding hydrogens is 292 g/mol. The summed E-state index contributed by atoms with van der Waals surface area (Å²) in [5.41, 5.74) is 0. The molecule has 4 heteroatoms. The number of carbonyl (C=O) groups is 2. The van der Waals surface area contributed by atoms with E-state index in [1.54, 1.807) is 0 Å². The minimum Gasteiger partial charge on any atom is -0.463 e. The lowest BCUT2D eigenvalue weighted by atomic mass is 10.2. The molecule has 0 aliphatic heterocycles. The molecule has 0 N–H and O–H groups in total. The van der Waals surface area contributed by atoms with E-state index in [-0.39, 0.29) is 0 Å². The number of rotatable bonds is 14. The summed E-state index contributed by atoms with van der Waals surface area (Å²) in [5, 5.41) is 0. The summed E-state index contributed by atoms with van der Waals surface area (Å²) in [4.78, 5) is 22.7. The average molecular weight is 324 g/mol. The van der Waals surface area contributed by atoms with Crippen LogP contribution >= 0.6 is 0 Å². The standard InChI is InChI=1S/C19H32O4/c1-3-5-7-8-9-10-11-13-17-23-19(21)15-14-18(20)22-16-12-6-4-2/h9-10,14-15H,3-8,11-13,16-17H2,1-2H3/b10-9+,15-14+. The molecule has 0 heterocycles. The van der Waals surface area contributed by atoms with Crippen LogP contribution in [0.3, 0.4) is 0 Å². The van der Waals surface area contributed by atoms with Crippen molar-refractivity contribution in [2.24, 2.45) is 0 Å². The smallest absolute Gasteiger partial charge is 0.331 e. The second-order valence-corrected chi connectivity index (χ2v) is 5.48. The lowest BCUT2D eigenvalue weighted by Crippen LogP contribution is -2.06. The quantitative estimate of drug-likeness (QED) is 0.200. The van der Waals surface area contributed by atoms with E-state index in [4.69, 9.17) is 9.47 Å². The molecule has 0 aliphatic rings. The molecular formula is C19H32O4. The predicted octanol–water partition coefficient (Wildman–Crippen LogP) is 4.74. The van der Waals surface area contributed by atoms with E-state index in [2.05, 4.69) is 26.0 Å². The fourth-order valence-corrected chi connectivity index (χ4v) is 1.88. The number of hydrogen-bond donors (Lipinski definition) is 0. The van der Waals surface area contributed by atoms with Gasteiger partial charge >= 0.3 is 11.9 Å². The van der Waals surface area contributed by atoms with Gasteiger partial charge in [0.1, 0.15) is 0 Å². The number of carbonyl (C=O) groups excluding carboxylic acids is 2. The molecule has 0 saturated heterocycles. The maximum absolute atomic E-state index is 11.4. The minimum absolute atomic E-state index is 0.369. The van der Waals surface area contributed by atoms with Crippen molar-refractivity contribution in [3.63, 3.8) is 0 Å². The van der Waals surface area contributed by atoms with E-state index in [9.17, 15) is 9.59 Å². The van der Waals surface area contributed by atoms with Crippen molar-refractivity contribution in [2.75, 3.05) is 13.2 Å². The van der Waals surface area contributed by atoms with E-state index in [0.29, 0.717) is 13.2 Å². The van der Waals surface area contributed by atoms with Crippen LogP contribution in [0.2, 0.25) is 0 Å². The van der Waals surface area contributed by atoms with Gasteiger partial charge in [-0.1, -0.05) is 51.7 Å². The Morgan fingerprint density at radius 3 is 1.74 bits per heavy atom. The third kappa shape index (κ3) is 16.6. The molecule has 0 bridgehead atoms. The van der Waals surface area contributed by atoms with Gasteiger partial charge in [0, 0.05) is 12.2 Å². The first-order valence-electron chi connectivity index (χ1n) is 8.87. The molecule has 0 spiro atoms. The Hall–Kier alpha value is -1.58. The van der Waals surface area contributed by atoms with Crippen molar-refractivity contribution < 1.29 is 19.1 Å². The highest BCUT2D eigenvalue weighted by Crippen LogP contribution is 2.01. The van der Waals surface area contributed by atoms with Crippen LogP contribution in [0.15, 0.2) is 24.3 Å². The van der Waals surface area contributed by atoms with Gasteiger partial charge in [0.05, 0.1) is 13.2 Å². The summed E-state index contributed by atoms with van der Waals surface area (Å²) >= 11 is 0. The predicted molar refractivity (Wildman–Crippen MR) is 93.1 cm³/mol. The first-order valence-corrected chi connectivity index (χ1v) is 8.87. The molecule has 0 fully saturated rings. The normalized spacial score (nSPS) is 11.2. The lowest BCUT2D eigenvalue weighted by Gasteiger charge is -2.01. The van der Waals surface area contributed by atoms with E-state index in [1.165, 1.54) is 19.3 Å². The molecule has 0 unspecified atom stereocenters. The Labute approximate surface area is 140 Å². The largest absolute Gasteiger partial charge is 0.463 e. The van der Waals surface area contributed by atoms with Crippen molar-refractivity contribution in [1.82, 2.24) is 0 Å². The van der Waals surface area contributed by atoms with E-state index < -0.39 is 11.9 Å². The molecule has 0 rings (SSSR count). The minimum atomic E-state index is -0.498. The van der Waals surface area contributed by atoms with Crippen LogP contribution in [-0.4, -0.2) is 25.2 Å². The Morgan fingerprint density at radius 1 is 0.696 bits per heavy atom. The number of unbranched alkanes of at least 4 members (excludes halogenated alkanes) is 6. The van der Waals surface area contributed by atoms with Crippen LogP contribution < -0.4 is 0 Å². The van der Waals surface area contributed by atoms with Crippen LogP contribution in [0.4, 0.5) is 0 Å². The third-order valence-corrected chi connectivity index (χ3v) is 3.25. The molecule has 0 aromatic rings. The molecule has 0 aromatic heterocycles. The third-order valence-electron chi connectivity index (χ3n) is 3.25. The Balaban J connectivity index is 3.55. The first kappa shape index (κ1) is 21.4. The summed E-state index contributed by atoms with van der Waals surface area (Å²) in [7, 11) is 0. The van der Waals surface area contributed by atoms with Crippen LogP contribution in [0.5, 0.6) is 0 Å². The van der Waals surface area contributed by atoms with Gasteiger partial charge < -0.3 is 9.47 Å². The first-order chi connectivity index (χ1) is 11.2.